The second-order valence-electron chi connectivity index (χ2n) is 14.0. The van der Waals surface area contributed by atoms with Gasteiger partial charge < -0.3 is 9.32 Å². The first-order valence-electron chi connectivity index (χ1n) is 18.7. The molecule has 55 heavy (non-hydrogen) atoms. The molecule has 0 fully saturated rings. The summed E-state index contributed by atoms with van der Waals surface area (Å²) in [6.07, 6.45) is 0. The molecule has 0 radical (unpaired) electrons. The number of nitrogens with zero attached hydrogens (tertiary/aromatic N) is 1. The summed E-state index contributed by atoms with van der Waals surface area (Å²) in [6, 6.07) is 71.9. The Labute approximate surface area is 322 Å². The standard InChI is InChI=1S/C52H33NOS/c1-3-13-34(14-4-1)36-25-29-38(30-26-36)53(39-31-27-37(28-32-39)35-15-5-2-6-16-35)45-21-12-22-46-52(45)51-41-18-8-7-17-40(41)44(33-47(51)54-46)42-20-11-24-49-50(42)43-19-9-10-23-48(43)55-49/h1-33H. The van der Waals surface area contributed by atoms with E-state index in [0.717, 1.165) is 39.0 Å². The van der Waals surface area contributed by atoms with Crippen LogP contribution in [0.1, 0.15) is 0 Å². The van der Waals surface area contributed by atoms with Gasteiger partial charge in [-0.05, 0) is 98.8 Å². The molecule has 0 saturated carbocycles. The van der Waals surface area contributed by atoms with Crippen LogP contribution in [0.4, 0.5) is 17.1 Å². The molecule has 0 aliphatic carbocycles. The van der Waals surface area contributed by atoms with Gasteiger partial charge in [0, 0.05) is 36.9 Å². The molecule has 0 atom stereocenters. The van der Waals surface area contributed by atoms with Gasteiger partial charge in [-0.1, -0.05) is 146 Å². The normalized spacial score (nSPS) is 11.6. The van der Waals surface area contributed by atoms with Gasteiger partial charge in [-0.3, -0.25) is 0 Å². The summed E-state index contributed by atoms with van der Waals surface area (Å²) in [6.45, 7) is 0. The first-order chi connectivity index (χ1) is 27.3. The van der Waals surface area contributed by atoms with Gasteiger partial charge >= 0.3 is 0 Å². The SMILES string of the molecule is c1ccc(-c2ccc(N(c3ccc(-c4ccccc4)cc3)c3cccc4oc5cc(-c6cccc7sc8ccccc8c67)c6ccccc6c5c34)cc2)cc1. The monoisotopic (exact) mass is 719 g/mol. The second-order valence-corrected chi connectivity index (χ2v) is 15.1. The molecule has 258 valence electrons. The lowest BCUT2D eigenvalue weighted by Gasteiger charge is -2.27. The summed E-state index contributed by atoms with van der Waals surface area (Å²) in [5, 5.41) is 7.20. The van der Waals surface area contributed by atoms with Crippen molar-refractivity contribution in [2.45, 2.75) is 0 Å². The highest BCUT2D eigenvalue weighted by Gasteiger charge is 2.23. The van der Waals surface area contributed by atoms with Crippen LogP contribution in [-0.4, -0.2) is 0 Å². The smallest absolute Gasteiger partial charge is 0.137 e. The van der Waals surface area contributed by atoms with Crippen LogP contribution in [0.3, 0.4) is 0 Å². The highest BCUT2D eigenvalue weighted by atomic mass is 32.1. The first-order valence-corrected chi connectivity index (χ1v) is 19.5. The van der Waals surface area contributed by atoms with Crippen molar-refractivity contribution in [3.63, 3.8) is 0 Å². The van der Waals surface area contributed by atoms with Gasteiger partial charge in [0.15, 0.2) is 0 Å². The van der Waals surface area contributed by atoms with Crippen molar-refractivity contribution in [2.24, 2.45) is 0 Å². The van der Waals surface area contributed by atoms with E-state index in [1.54, 1.807) is 0 Å². The summed E-state index contributed by atoms with van der Waals surface area (Å²) in [4.78, 5) is 2.38. The molecule has 0 saturated heterocycles. The van der Waals surface area contributed by atoms with E-state index < -0.39 is 0 Å². The Morgan fingerprint density at radius 2 is 0.891 bits per heavy atom. The molecule has 2 nitrogen and oxygen atoms in total. The topological polar surface area (TPSA) is 16.4 Å². The molecule has 2 heterocycles. The molecule has 0 aliphatic heterocycles. The summed E-state index contributed by atoms with van der Waals surface area (Å²) in [5.74, 6) is 0. The molecular formula is C52H33NOS. The molecule has 3 heteroatoms. The van der Waals surface area contributed by atoms with Crippen LogP contribution in [0.25, 0.3) is 86.3 Å². The van der Waals surface area contributed by atoms with Crippen LogP contribution in [0.2, 0.25) is 0 Å². The number of fused-ring (bicyclic) bond motifs is 8. The molecule has 0 spiro atoms. The molecular weight excluding hydrogens is 687 g/mol. The van der Waals surface area contributed by atoms with E-state index in [1.165, 1.54) is 64.3 Å². The summed E-state index contributed by atoms with van der Waals surface area (Å²) in [5.41, 5.74) is 12.1. The molecule has 0 aliphatic rings. The molecule has 11 rings (SSSR count). The number of thiophene rings is 1. The maximum atomic E-state index is 6.90. The number of hydrogen-bond acceptors (Lipinski definition) is 3. The van der Waals surface area contributed by atoms with Crippen molar-refractivity contribution in [3.8, 4) is 33.4 Å². The molecule has 0 amide bonds. The zero-order valence-corrected chi connectivity index (χ0v) is 30.6. The highest BCUT2D eigenvalue weighted by molar-refractivity contribution is 7.25. The summed E-state index contributed by atoms with van der Waals surface area (Å²) < 4.78 is 9.49. The predicted octanol–water partition coefficient (Wildman–Crippen LogP) is 15.6. The van der Waals surface area contributed by atoms with E-state index in [-0.39, 0.29) is 0 Å². The Morgan fingerprint density at radius 1 is 0.345 bits per heavy atom. The maximum absolute atomic E-state index is 6.90. The van der Waals surface area contributed by atoms with Gasteiger partial charge in [-0.25, -0.2) is 0 Å². The fraction of sp³-hybridized carbons (Fsp3) is 0. The third-order valence-electron chi connectivity index (χ3n) is 10.9. The number of furan rings is 1. The number of benzene rings is 9. The van der Waals surface area contributed by atoms with Crippen molar-refractivity contribution >= 4 is 81.3 Å². The zero-order chi connectivity index (χ0) is 36.3. The summed E-state index contributed by atoms with van der Waals surface area (Å²) >= 11 is 1.85. The van der Waals surface area contributed by atoms with Crippen molar-refractivity contribution in [1.82, 2.24) is 0 Å². The third kappa shape index (κ3) is 5.24. The quantitative estimate of drug-likeness (QED) is 0.170. The van der Waals surface area contributed by atoms with E-state index in [0.29, 0.717) is 0 Å². The van der Waals surface area contributed by atoms with Crippen molar-refractivity contribution in [3.05, 3.63) is 200 Å². The number of anilines is 3. The maximum Gasteiger partial charge on any atom is 0.137 e. The second kappa shape index (κ2) is 12.9. The van der Waals surface area contributed by atoms with Crippen molar-refractivity contribution < 1.29 is 4.42 Å². The molecule has 0 unspecified atom stereocenters. The predicted molar refractivity (Wildman–Crippen MR) is 235 cm³/mol. The van der Waals surface area contributed by atoms with Crippen LogP contribution < -0.4 is 4.90 Å². The minimum atomic E-state index is 0.862. The van der Waals surface area contributed by atoms with Gasteiger partial charge in [-0.2, -0.15) is 0 Å². The van der Waals surface area contributed by atoms with Crippen LogP contribution >= 0.6 is 11.3 Å². The Morgan fingerprint density at radius 3 is 1.56 bits per heavy atom. The van der Waals surface area contributed by atoms with Gasteiger partial charge in [0.05, 0.1) is 11.1 Å². The van der Waals surface area contributed by atoms with E-state index in [9.17, 15) is 0 Å². The number of rotatable bonds is 6. The Bertz CT molecular complexity index is 3090. The fourth-order valence-corrected chi connectivity index (χ4v) is 9.50. The van der Waals surface area contributed by atoms with Crippen LogP contribution in [0.5, 0.6) is 0 Å². The van der Waals surface area contributed by atoms with Gasteiger partial charge in [0.25, 0.3) is 0 Å². The van der Waals surface area contributed by atoms with E-state index in [4.69, 9.17) is 4.42 Å². The van der Waals surface area contributed by atoms with Crippen LogP contribution in [0, 0.1) is 0 Å². The number of hydrogen-bond donors (Lipinski definition) is 0. The third-order valence-corrected chi connectivity index (χ3v) is 12.0. The minimum absolute atomic E-state index is 0.862. The zero-order valence-electron chi connectivity index (χ0n) is 29.8. The van der Waals surface area contributed by atoms with E-state index in [1.807, 2.05) is 11.3 Å². The molecule has 2 aromatic heterocycles. The first kappa shape index (κ1) is 31.6. The molecule has 9 aromatic carbocycles. The van der Waals surface area contributed by atoms with Gasteiger partial charge in [-0.15, -0.1) is 11.3 Å². The van der Waals surface area contributed by atoms with Gasteiger partial charge in [0.1, 0.15) is 11.2 Å². The molecule has 0 bridgehead atoms. The molecule has 0 N–H and O–H groups in total. The Balaban J connectivity index is 1.15. The van der Waals surface area contributed by atoms with E-state index >= 15 is 0 Å². The highest BCUT2D eigenvalue weighted by Crippen LogP contribution is 2.48. The van der Waals surface area contributed by atoms with Crippen molar-refractivity contribution in [1.29, 1.82) is 0 Å². The van der Waals surface area contributed by atoms with Crippen LogP contribution in [0.15, 0.2) is 205 Å². The van der Waals surface area contributed by atoms with Crippen LogP contribution in [-0.2, 0) is 0 Å². The fourth-order valence-electron chi connectivity index (χ4n) is 8.37. The Hall–Kier alpha value is -6.94. The van der Waals surface area contributed by atoms with Gasteiger partial charge in [0.2, 0.25) is 0 Å². The molecule has 11 aromatic rings. The minimum Gasteiger partial charge on any atom is -0.456 e. The largest absolute Gasteiger partial charge is 0.456 e. The Kier molecular flexibility index (Phi) is 7.39. The summed E-state index contributed by atoms with van der Waals surface area (Å²) in [7, 11) is 0. The average Bonchev–Trinajstić information content (AvgIpc) is 3.84. The van der Waals surface area contributed by atoms with Crippen molar-refractivity contribution in [2.75, 3.05) is 4.90 Å². The lowest BCUT2D eigenvalue weighted by molar-refractivity contribution is 0.669. The average molecular weight is 720 g/mol. The van der Waals surface area contributed by atoms with E-state index in [2.05, 4.69) is 205 Å². The lowest BCUT2D eigenvalue weighted by Crippen LogP contribution is -2.10. The lowest BCUT2D eigenvalue weighted by atomic mass is 9.92.